The molecule has 0 aliphatic rings. The molecule has 0 aliphatic carbocycles. The molecule has 0 aliphatic heterocycles. The molecule has 0 unspecified atom stereocenters. The number of carbonyl (C=O) groups is 2. The van der Waals surface area contributed by atoms with Gasteiger partial charge in [0.1, 0.15) is 0 Å². The van der Waals surface area contributed by atoms with Crippen LogP contribution in [0.25, 0.3) is 0 Å². The topological polar surface area (TPSA) is 135 Å². The van der Waals surface area contributed by atoms with Gasteiger partial charge in [-0.2, -0.15) is 0 Å². The van der Waals surface area contributed by atoms with Crippen LogP contribution in [0.3, 0.4) is 0 Å². The van der Waals surface area contributed by atoms with Gasteiger partial charge >= 0.3 is 18.6 Å². The summed E-state index contributed by atoms with van der Waals surface area (Å²) in [6, 6.07) is 9.25. The van der Waals surface area contributed by atoms with Gasteiger partial charge in [-0.05, 0) is 24.3 Å². The molecule has 101 valence electrons. The summed E-state index contributed by atoms with van der Waals surface area (Å²) < 4.78 is 0. The van der Waals surface area contributed by atoms with Gasteiger partial charge in [0.15, 0.2) is 0 Å². The number of aromatic nitrogens is 2. The van der Waals surface area contributed by atoms with E-state index in [0.29, 0.717) is 0 Å². The maximum atomic E-state index is 10.0. The Bertz CT molecular complexity index is 472. The fraction of sp³-hybridized carbons (Fsp3) is 0. The molecule has 0 saturated carbocycles. The molecule has 0 N–H and O–H groups in total. The molecule has 0 fully saturated rings. The first-order chi connectivity index (χ1) is 8.61. The molecule has 7 nitrogen and oxygen atoms in total. The minimum atomic E-state index is -1.24. The molecule has 2 aromatic heterocycles. The molecule has 0 spiro atoms. The van der Waals surface area contributed by atoms with Gasteiger partial charge in [0.25, 0.3) is 0 Å². The average Bonchev–Trinajstić information content (AvgIpc) is 2.41. The van der Waals surface area contributed by atoms with Crippen molar-refractivity contribution in [1.29, 1.82) is 0 Å². The van der Waals surface area contributed by atoms with E-state index in [1.54, 1.807) is 24.3 Å². The summed E-state index contributed by atoms with van der Waals surface area (Å²) in [5, 5.41) is 20.1. The number of carbonyl (C=O) groups excluding carboxylic acids is 2. The van der Waals surface area contributed by atoms with Crippen molar-refractivity contribution in [2.45, 2.75) is 0 Å². The number of hydrogen-bond donors (Lipinski definition) is 0. The first kappa shape index (κ1) is 20.1. The van der Waals surface area contributed by atoms with Crippen molar-refractivity contribution >= 4 is 11.9 Å². The smallest absolute Gasteiger partial charge is 2.00 e. The Morgan fingerprint density at radius 3 is 1.30 bits per heavy atom. The minimum absolute atomic E-state index is 0. The number of nitrogens with zero attached hydrogens (tertiary/aromatic N) is 2. The van der Waals surface area contributed by atoms with Gasteiger partial charge in [-0.25, -0.2) is 0 Å². The number of pyridine rings is 2. The van der Waals surface area contributed by atoms with E-state index in [1.165, 1.54) is 24.5 Å². The number of hydrogen-bond acceptors (Lipinski definition) is 6. The van der Waals surface area contributed by atoms with E-state index in [-0.39, 0.29) is 35.4 Å². The minimum Gasteiger partial charge on any atom is -2.00 e. The van der Waals surface area contributed by atoms with Crippen LogP contribution in [0.15, 0.2) is 48.8 Å². The predicted octanol–water partition coefficient (Wildman–Crippen LogP) is -1.23. The Kier molecular flexibility index (Phi) is 10.7. The molecular formula is C12H8N2O5V. The second kappa shape index (κ2) is 10.7. The van der Waals surface area contributed by atoms with E-state index < -0.39 is 11.9 Å². The molecule has 0 atom stereocenters. The van der Waals surface area contributed by atoms with E-state index in [4.69, 9.17) is 0 Å². The molecule has 8 heteroatoms. The van der Waals surface area contributed by atoms with Gasteiger partial charge in [0, 0.05) is 12.4 Å². The Morgan fingerprint density at radius 2 is 1.15 bits per heavy atom. The summed E-state index contributed by atoms with van der Waals surface area (Å²) in [5.41, 5.74) is -0.0602. The molecule has 0 amide bonds. The van der Waals surface area contributed by atoms with Crippen LogP contribution in [-0.2, 0) is 24.0 Å². The van der Waals surface area contributed by atoms with E-state index in [9.17, 15) is 19.8 Å². The molecule has 1 radical (unpaired) electrons. The van der Waals surface area contributed by atoms with Crippen molar-refractivity contribution in [1.82, 2.24) is 9.97 Å². The zero-order valence-corrected chi connectivity index (χ0v) is 11.4. The quantitative estimate of drug-likeness (QED) is 0.681. The number of aromatic carboxylic acids is 2. The number of carboxylic acid groups (broad SMARTS) is 2. The van der Waals surface area contributed by atoms with Crippen molar-refractivity contribution < 1.29 is 43.8 Å². The summed E-state index contributed by atoms with van der Waals surface area (Å²) in [7, 11) is 0. The zero-order valence-electron chi connectivity index (χ0n) is 10.0. The predicted molar refractivity (Wildman–Crippen MR) is 57.8 cm³/mol. The molecule has 0 aromatic carbocycles. The number of rotatable bonds is 2. The van der Waals surface area contributed by atoms with Crippen molar-refractivity contribution in [3.8, 4) is 0 Å². The summed E-state index contributed by atoms with van der Waals surface area (Å²) in [4.78, 5) is 27.1. The zero-order chi connectivity index (χ0) is 13.4. The third-order valence-corrected chi connectivity index (χ3v) is 1.75. The Hall–Kier alpha value is -2.22. The summed E-state index contributed by atoms with van der Waals surface area (Å²) in [6.45, 7) is 0. The van der Waals surface area contributed by atoms with Crippen LogP contribution >= 0.6 is 0 Å². The van der Waals surface area contributed by atoms with E-state index in [1.807, 2.05) is 0 Å². The maximum absolute atomic E-state index is 10.0. The third kappa shape index (κ3) is 7.27. The van der Waals surface area contributed by atoms with Crippen molar-refractivity contribution in [2.75, 3.05) is 0 Å². The van der Waals surface area contributed by atoms with Crippen molar-refractivity contribution in [3.05, 3.63) is 60.2 Å². The molecule has 0 bridgehead atoms. The van der Waals surface area contributed by atoms with Crippen LogP contribution in [0, 0.1) is 0 Å². The van der Waals surface area contributed by atoms with Crippen LogP contribution in [0.4, 0.5) is 0 Å². The summed E-state index contributed by atoms with van der Waals surface area (Å²) in [6.07, 6.45) is 2.82. The summed E-state index contributed by atoms with van der Waals surface area (Å²) in [5.74, 6) is -2.48. The second-order valence-electron chi connectivity index (χ2n) is 3.00. The Balaban J connectivity index is 0. The average molecular weight is 311 g/mol. The van der Waals surface area contributed by atoms with Gasteiger partial charge in [-0.3, -0.25) is 9.97 Å². The first-order valence-corrected chi connectivity index (χ1v) is 4.86. The maximum Gasteiger partial charge on any atom is 4.00 e. The van der Waals surface area contributed by atoms with Crippen LogP contribution in [-0.4, -0.2) is 21.9 Å². The largest absolute Gasteiger partial charge is 4.00 e. The SMILES string of the molecule is O=C([O-])c1ccccn1.O=C([O-])c1ccccn1.[O-2].[V+4]. The molecule has 0 saturated heterocycles. The fourth-order valence-electron chi connectivity index (χ4n) is 0.967. The van der Waals surface area contributed by atoms with Gasteiger partial charge < -0.3 is 25.3 Å². The van der Waals surface area contributed by atoms with Crippen LogP contribution in [0.5, 0.6) is 0 Å². The normalized spacial score (nSPS) is 8.00. The van der Waals surface area contributed by atoms with Gasteiger partial charge in [-0.1, -0.05) is 12.1 Å². The van der Waals surface area contributed by atoms with Crippen LogP contribution in [0.2, 0.25) is 0 Å². The van der Waals surface area contributed by atoms with E-state index in [2.05, 4.69) is 9.97 Å². The van der Waals surface area contributed by atoms with E-state index >= 15 is 0 Å². The Labute approximate surface area is 126 Å². The van der Waals surface area contributed by atoms with Gasteiger partial charge in [0.05, 0.1) is 23.3 Å². The fourth-order valence-corrected chi connectivity index (χ4v) is 0.967. The van der Waals surface area contributed by atoms with E-state index in [0.717, 1.165) is 0 Å². The van der Waals surface area contributed by atoms with Gasteiger partial charge in [-0.15, -0.1) is 0 Å². The standard InChI is InChI=1S/2C6H5NO2.O.V/c2*8-6(9)5-3-1-2-4-7-5;;/h2*1-4H,(H,8,9);;/q;;-2;+4/p-2. The monoisotopic (exact) mass is 311 g/mol. The second-order valence-corrected chi connectivity index (χ2v) is 3.00. The van der Waals surface area contributed by atoms with Gasteiger partial charge in [0.2, 0.25) is 0 Å². The van der Waals surface area contributed by atoms with Crippen LogP contribution < -0.4 is 10.2 Å². The first-order valence-electron chi connectivity index (χ1n) is 4.86. The Morgan fingerprint density at radius 1 is 0.800 bits per heavy atom. The summed E-state index contributed by atoms with van der Waals surface area (Å²) >= 11 is 0. The molecular weight excluding hydrogens is 303 g/mol. The third-order valence-electron chi connectivity index (χ3n) is 1.75. The molecule has 20 heavy (non-hydrogen) atoms. The molecule has 2 aromatic rings. The van der Waals surface area contributed by atoms with Crippen molar-refractivity contribution in [3.63, 3.8) is 0 Å². The number of carboxylic acids is 2. The van der Waals surface area contributed by atoms with Crippen molar-refractivity contribution in [2.24, 2.45) is 0 Å². The molecule has 2 heterocycles. The van der Waals surface area contributed by atoms with Crippen LogP contribution in [0.1, 0.15) is 21.0 Å². The molecule has 2 rings (SSSR count).